The van der Waals surface area contributed by atoms with E-state index in [1.165, 1.54) is 44.9 Å². The first kappa shape index (κ1) is 23.9. The van der Waals surface area contributed by atoms with Crippen LogP contribution in [0.2, 0.25) is 0 Å². The predicted octanol–water partition coefficient (Wildman–Crippen LogP) is 2.63. The fourth-order valence-electron chi connectivity index (χ4n) is 2.29. The molecule has 0 saturated carbocycles. The Kier molecular flexibility index (Phi) is 14.5. The van der Waals surface area contributed by atoms with Crippen molar-refractivity contribution in [3.05, 3.63) is 29.8 Å². The molecule has 5 nitrogen and oxygen atoms in total. The van der Waals surface area contributed by atoms with Crippen LogP contribution >= 0.6 is 0 Å². The van der Waals surface area contributed by atoms with E-state index in [4.69, 9.17) is 20.4 Å². The highest BCUT2D eigenvalue weighted by molar-refractivity contribution is 5.31. The van der Waals surface area contributed by atoms with Crippen LogP contribution in [-0.4, -0.2) is 52.0 Å². The van der Waals surface area contributed by atoms with Crippen LogP contribution in [0.1, 0.15) is 57.4 Å². The summed E-state index contributed by atoms with van der Waals surface area (Å²) in [6.45, 7) is 0.623. The highest BCUT2D eigenvalue weighted by Gasteiger charge is 2.26. The van der Waals surface area contributed by atoms with Crippen molar-refractivity contribution in [1.29, 1.82) is 0 Å². The zero-order chi connectivity index (χ0) is 19.0. The van der Waals surface area contributed by atoms with E-state index in [2.05, 4.69) is 6.92 Å². The summed E-state index contributed by atoms with van der Waals surface area (Å²) >= 11 is 0. The van der Waals surface area contributed by atoms with Gasteiger partial charge in [0.1, 0.15) is 5.75 Å². The van der Waals surface area contributed by atoms with Gasteiger partial charge in [-0.05, 0) is 24.5 Å². The summed E-state index contributed by atoms with van der Waals surface area (Å²) < 4.78 is 0. The minimum Gasteiger partial charge on any atom is -0.508 e. The summed E-state index contributed by atoms with van der Waals surface area (Å²) in [7, 11) is 0. The predicted molar refractivity (Wildman–Crippen MR) is 101 cm³/mol. The topological polar surface area (TPSA) is 101 Å². The molecule has 1 aromatic rings. The number of phenolic OH excluding ortho intramolecular Hbond substituents is 1. The van der Waals surface area contributed by atoms with E-state index in [9.17, 15) is 5.11 Å². The van der Waals surface area contributed by atoms with Gasteiger partial charge in [0.05, 0.1) is 31.8 Å². The first-order valence-electron chi connectivity index (χ1n) is 9.29. The molecule has 0 aliphatic carbocycles. The zero-order valence-corrected chi connectivity index (χ0v) is 15.5. The molecule has 1 aromatic carbocycles. The summed E-state index contributed by atoms with van der Waals surface area (Å²) in [4.78, 5) is 0. The van der Waals surface area contributed by atoms with Crippen LogP contribution in [-0.2, 0) is 6.42 Å². The standard InChI is InChI=1S/C15H24O.C5H12O4/c1-2-3-4-5-6-7-8-11-14-12-9-10-13-15(14)16;6-1-5(2-7,3-8)4-9/h9-10,12-13,16H,2-8,11H2,1H3;6-9H,1-4H2. The summed E-state index contributed by atoms with van der Waals surface area (Å²) in [6.07, 6.45) is 10.3. The third-order valence-electron chi connectivity index (χ3n) is 4.38. The normalized spacial score (nSPS) is 11.1. The number of unbranched alkanes of at least 4 members (excludes halogenated alkanes) is 6. The van der Waals surface area contributed by atoms with Crippen LogP contribution in [0, 0.1) is 5.41 Å². The highest BCUT2D eigenvalue weighted by Crippen LogP contribution is 2.18. The van der Waals surface area contributed by atoms with Gasteiger partial charge in [0.15, 0.2) is 0 Å². The first-order valence-corrected chi connectivity index (χ1v) is 9.29. The summed E-state index contributed by atoms with van der Waals surface area (Å²) in [5, 5.41) is 43.6. The Bertz CT molecular complexity index is 401. The summed E-state index contributed by atoms with van der Waals surface area (Å²) in [5.41, 5.74) is -0.0175. The monoisotopic (exact) mass is 356 g/mol. The second kappa shape index (κ2) is 15.1. The second-order valence-electron chi connectivity index (χ2n) is 6.63. The Morgan fingerprint density at radius 1 is 0.720 bits per heavy atom. The van der Waals surface area contributed by atoms with Gasteiger partial charge in [-0.2, -0.15) is 0 Å². The van der Waals surface area contributed by atoms with E-state index in [1.54, 1.807) is 6.07 Å². The van der Waals surface area contributed by atoms with Gasteiger partial charge < -0.3 is 25.5 Å². The maximum absolute atomic E-state index is 9.58. The van der Waals surface area contributed by atoms with E-state index in [-0.39, 0.29) is 0 Å². The molecule has 0 radical (unpaired) electrons. The Labute approximate surface area is 152 Å². The molecule has 0 aromatic heterocycles. The average Bonchev–Trinajstić information content (AvgIpc) is 2.65. The van der Waals surface area contributed by atoms with Gasteiger partial charge in [-0.1, -0.05) is 63.6 Å². The van der Waals surface area contributed by atoms with Crippen LogP contribution in [0.4, 0.5) is 0 Å². The van der Waals surface area contributed by atoms with Crippen molar-refractivity contribution in [1.82, 2.24) is 0 Å². The number of phenols is 1. The van der Waals surface area contributed by atoms with E-state index in [0.29, 0.717) is 5.75 Å². The Morgan fingerprint density at radius 3 is 1.64 bits per heavy atom. The fourth-order valence-corrected chi connectivity index (χ4v) is 2.29. The molecule has 5 N–H and O–H groups in total. The van der Waals surface area contributed by atoms with E-state index >= 15 is 0 Å². The van der Waals surface area contributed by atoms with Gasteiger partial charge in [-0.15, -0.1) is 0 Å². The Balaban J connectivity index is 0.000000547. The molecule has 0 amide bonds. The third kappa shape index (κ3) is 10.4. The van der Waals surface area contributed by atoms with Gasteiger partial charge in [0, 0.05) is 0 Å². The molecule has 0 heterocycles. The minimum absolute atomic E-state index is 0.406. The van der Waals surface area contributed by atoms with Gasteiger partial charge in [-0.25, -0.2) is 0 Å². The number of aryl methyl sites for hydroxylation is 1. The van der Waals surface area contributed by atoms with E-state index in [0.717, 1.165) is 12.0 Å². The SMILES string of the molecule is CCCCCCCCCc1ccccc1O.OCC(CO)(CO)CO. The summed E-state index contributed by atoms with van der Waals surface area (Å²) in [5.74, 6) is 0.452. The molecule has 0 aliphatic rings. The smallest absolute Gasteiger partial charge is 0.118 e. The Hall–Kier alpha value is -1.14. The largest absolute Gasteiger partial charge is 0.508 e. The molecule has 0 aliphatic heterocycles. The molecule has 0 fully saturated rings. The van der Waals surface area contributed by atoms with E-state index in [1.807, 2.05) is 18.2 Å². The molecule has 0 atom stereocenters. The lowest BCUT2D eigenvalue weighted by atomic mass is 9.93. The number of hydrogen-bond donors (Lipinski definition) is 5. The molecule has 0 saturated heterocycles. The molecule has 0 spiro atoms. The molecule has 5 heteroatoms. The highest BCUT2D eigenvalue weighted by atomic mass is 16.3. The molecule has 0 bridgehead atoms. The van der Waals surface area contributed by atoms with Gasteiger partial charge >= 0.3 is 0 Å². The van der Waals surface area contributed by atoms with Gasteiger partial charge in [0.25, 0.3) is 0 Å². The van der Waals surface area contributed by atoms with Gasteiger partial charge in [-0.3, -0.25) is 0 Å². The van der Waals surface area contributed by atoms with Crippen molar-refractivity contribution in [2.24, 2.45) is 5.41 Å². The van der Waals surface area contributed by atoms with Crippen molar-refractivity contribution in [2.45, 2.75) is 58.3 Å². The van der Waals surface area contributed by atoms with Crippen LogP contribution < -0.4 is 0 Å². The maximum atomic E-state index is 9.58. The average molecular weight is 357 g/mol. The number of aromatic hydroxyl groups is 1. The number of hydrogen-bond acceptors (Lipinski definition) is 5. The lowest BCUT2D eigenvalue weighted by Crippen LogP contribution is -2.37. The van der Waals surface area contributed by atoms with Crippen molar-refractivity contribution in [2.75, 3.05) is 26.4 Å². The van der Waals surface area contributed by atoms with Crippen LogP contribution in [0.15, 0.2) is 24.3 Å². The maximum Gasteiger partial charge on any atom is 0.118 e. The van der Waals surface area contributed by atoms with Crippen LogP contribution in [0.5, 0.6) is 5.75 Å². The Morgan fingerprint density at radius 2 is 1.20 bits per heavy atom. The molecule has 146 valence electrons. The molecule has 25 heavy (non-hydrogen) atoms. The number of aliphatic hydroxyl groups is 4. The number of para-hydroxylation sites is 1. The lowest BCUT2D eigenvalue weighted by Gasteiger charge is -2.23. The van der Waals surface area contributed by atoms with Crippen LogP contribution in [0.25, 0.3) is 0 Å². The third-order valence-corrected chi connectivity index (χ3v) is 4.38. The first-order chi connectivity index (χ1) is 12.1. The zero-order valence-electron chi connectivity index (χ0n) is 15.5. The summed E-state index contributed by atoms with van der Waals surface area (Å²) in [6, 6.07) is 7.67. The number of aliphatic hydroxyl groups excluding tert-OH is 4. The van der Waals surface area contributed by atoms with Crippen molar-refractivity contribution >= 4 is 0 Å². The fraction of sp³-hybridized carbons (Fsp3) is 0.700. The van der Waals surface area contributed by atoms with E-state index < -0.39 is 31.8 Å². The second-order valence-corrected chi connectivity index (χ2v) is 6.63. The van der Waals surface area contributed by atoms with Crippen molar-refractivity contribution < 1.29 is 25.5 Å². The molecular weight excluding hydrogens is 320 g/mol. The van der Waals surface area contributed by atoms with Crippen molar-refractivity contribution in [3.8, 4) is 5.75 Å². The minimum atomic E-state index is -1.11. The lowest BCUT2D eigenvalue weighted by molar-refractivity contribution is -0.0328. The molecular formula is C20H36O5. The van der Waals surface area contributed by atoms with Gasteiger partial charge in [0.2, 0.25) is 0 Å². The number of benzene rings is 1. The number of rotatable bonds is 12. The van der Waals surface area contributed by atoms with Crippen molar-refractivity contribution in [3.63, 3.8) is 0 Å². The van der Waals surface area contributed by atoms with Crippen LogP contribution in [0.3, 0.4) is 0 Å². The molecule has 1 rings (SSSR count). The quantitative estimate of drug-likeness (QED) is 0.371. The molecule has 0 unspecified atom stereocenters.